The lowest BCUT2D eigenvalue weighted by Gasteiger charge is -1.98. The zero-order valence-corrected chi connectivity index (χ0v) is 10.3. The lowest BCUT2D eigenvalue weighted by atomic mass is 10.2. The van der Waals surface area contributed by atoms with Crippen molar-refractivity contribution < 1.29 is 4.42 Å². The quantitative estimate of drug-likeness (QED) is 0.602. The monoisotopic (exact) mass is 255 g/mol. The summed E-state index contributed by atoms with van der Waals surface area (Å²) in [6.07, 6.45) is 5.17. The van der Waals surface area contributed by atoms with Crippen LogP contribution in [-0.4, -0.2) is 6.21 Å². The fraction of sp³-hybridized carbons (Fsp3) is 0. The van der Waals surface area contributed by atoms with E-state index in [-0.39, 0.29) is 0 Å². The van der Waals surface area contributed by atoms with E-state index in [0.29, 0.717) is 5.02 Å². The van der Waals surface area contributed by atoms with Crippen molar-refractivity contribution in [3.05, 3.63) is 65.6 Å². The number of halogens is 1. The van der Waals surface area contributed by atoms with Crippen LogP contribution in [0, 0.1) is 0 Å². The Balaban J connectivity index is 2.04. The van der Waals surface area contributed by atoms with Crippen LogP contribution >= 0.6 is 11.6 Å². The molecule has 0 saturated carbocycles. The summed E-state index contributed by atoms with van der Waals surface area (Å²) < 4.78 is 5.18. The van der Waals surface area contributed by atoms with Crippen molar-refractivity contribution in [2.75, 3.05) is 0 Å². The molecule has 3 aromatic rings. The van der Waals surface area contributed by atoms with Crippen molar-refractivity contribution in [2.24, 2.45) is 4.99 Å². The van der Waals surface area contributed by atoms with Crippen molar-refractivity contribution in [1.82, 2.24) is 0 Å². The molecular formula is C15H10ClNO. The first-order valence-corrected chi connectivity index (χ1v) is 5.95. The third-order valence-corrected chi connectivity index (χ3v) is 2.91. The van der Waals surface area contributed by atoms with E-state index in [1.54, 1.807) is 12.5 Å². The van der Waals surface area contributed by atoms with E-state index in [2.05, 4.69) is 4.99 Å². The molecule has 0 aliphatic heterocycles. The third kappa shape index (κ3) is 2.15. The number of hydrogen-bond acceptors (Lipinski definition) is 2. The predicted molar refractivity (Wildman–Crippen MR) is 74.9 cm³/mol. The Morgan fingerprint density at radius 3 is 2.72 bits per heavy atom. The molecule has 3 heteroatoms. The topological polar surface area (TPSA) is 25.5 Å². The SMILES string of the molecule is Clc1cc(/N=C/c2ccccc2)c2cocc2c1. The molecule has 0 unspecified atom stereocenters. The minimum Gasteiger partial charge on any atom is -0.471 e. The zero-order chi connectivity index (χ0) is 12.4. The van der Waals surface area contributed by atoms with Crippen LogP contribution in [0.4, 0.5) is 5.69 Å². The first-order valence-electron chi connectivity index (χ1n) is 5.57. The molecule has 0 atom stereocenters. The maximum Gasteiger partial charge on any atom is 0.100 e. The number of rotatable bonds is 2. The predicted octanol–water partition coefficient (Wildman–Crippen LogP) is 4.84. The van der Waals surface area contributed by atoms with E-state index in [0.717, 1.165) is 22.0 Å². The van der Waals surface area contributed by atoms with Gasteiger partial charge >= 0.3 is 0 Å². The molecule has 0 saturated heterocycles. The number of furan rings is 1. The van der Waals surface area contributed by atoms with Crippen LogP contribution in [0.5, 0.6) is 0 Å². The molecule has 0 radical (unpaired) electrons. The van der Waals surface area contributed by atoms with Crippen molar-refractivity contribution in [2.45, 2.75) is 0 Å². The Morgan fingerprint density at radius 1 is 1.06 bits per heavy atom. The average Bonchev–Trinajstić information content (AvgIpc) is 2.85. The molecule has 2 nitrogen and oxygen atoms in total. The van der Waals surface area contributed by atoms with Crippen LogP contribution in [0.2, 0.25) is 5.02 Å². The van der Waals surface area contributed by atoms with Gasteiger partial charge in [-0.2, -0.15) is 0 Å². The van der Waals surface area contributed by atoms with Gasteiger partial charge in [-0.15, -0.1) is 0 Å². The lowest BCUT2D eigenvalue weighted by molar-refractivity contribution is 0.572. The smallest absolute Gasteiger partial charge is 0.100 e. The Labute approximate surface area is 110 Å². The number of fused-ring (bicyclic) bond motifs is 1. The number of hydrogen-bond donors (Lipinski definition) is 0. The lowest BCUT2D eigenvalue weighted by Crippen LogP contribution is -1.78. The molecule has 0 aliphatic rings. The van der Waals surface area contributed by atoms with Crippen LogP contribution < -0.4 is 0 Å². The van der Waals surface area contributed by atoms with Crippen molar-refractivity contribution in [1.29, 1.82) is 0 Å². The summed E-state index contributed by atoms with van der Waals surface area (Å²) in [4.78, 5) is 4.47. The van der Waals surface area contributed by atoms with Crippen LogP contribution in [0.1, 0.15) is 5.56 Å². The van der Waals surface area contributed by atoms with Gasteiger partial charge in [-0.25, -0.2) is 0 Å². The zero-order valence-electron chi connectivity index (χ0n) is 9.51. The molecule has 0 N–H and O–H groups in total. The van der Waals surface area contributed by atoms with Gasteiger partial charge in [-0.3, -0.25) is 4.99 Å². The molecule has 0 aliphatic carbocycles. The second-order valence-electron chi connectivity index (χ2n) is 3.97. The molecule has 3 rings (SSSR count). The largest absolute Gasteiger partial charge is 0.471 e. The highest BCUT2D eigenvalue weighted by atomic mass is 35.5. The summed E-state index contributed by atoms with van der Waals surface area (Å²) in [7, 11) is 0. The summed E-state index contributed by atoms with van der Waals surface area (Å²) in [6.45, 7) is 0. The first-order chi connectivity index (χ1) is 8.83. The maximum absolute atomic E-state index is 6.05. The maximum atomic E-state index is 6.05. The summed E-state index contributed by atoms with van der Waals surface area (Å²) in [5.74, 6) is 0. The number of benzene rings is 2. The van der Waals surface area contributed by atoms with E-state index < -0.39 is 0 Å². The van der Waals surface area contributed by atoms with E-state index in [1.807, 2.05) is 48.7 Å². The minimum atomic E-state index is 0.657. The first kappa shape index (κ1) is 11.1. The summed E-state index contributed by atoms with van der Waals surface area (Å²) in [5.41, 5.74) is 1.87. The van der Waals surface area contributed by atoms with Gasteiger partial charge in [0.05, 0.1) is 12.0 Å². The Morgan fingerprint density at radius 2 is 1.89 bits per heavy atom. The highest BCUT2D eigenvalue weighted by molar-refractivity contribution is 6.31. The van der Waals surface area contributed by atoms with Gasteiger partial charge in [0.2, 0.25) is 0 Å². The summed E-state index contributed by atoms with van der Waals surface area (Å²) >= 11 is 6.05. The standard InChI is InChI=1S/C15H10ClNO/c16-13-6-12-9-18-10-14(12)15(7-13)17-8-11-4-2-1-3-5-11/h1-10H/b17-8+. The molecule has 0 amide bonds. The minimum absolute atomic E-state index is 0.657. The molecule has 0 bridgehead atoms. The Kier molecular flexibility index (Phi) is 2.87. The third-order valence-electron chi connectivity index (χ3n) is 2.69. The molecule has 0 fully saturated rings. The van der Waals surface area contributed by atoms with Crippen molar-refractivity contribution >= 4 is 34.3 Å². The van der Waals surface area contributed by atoms with Gasteiger partial charge in [0.1, 0.15) is 6.26 Å². The molecule has 1 heterocycles. The molecular weight excluding hydrogens is 246 g/mol. The van der Waals surface area contributed by atoms with Gasteiger partial charge in [0.25, 0.3) is 0 Å². The highest BCUT2D eigenvalue weighted by Crippen LogP contribution is 2.30. The second-order valence-corrected chi connectivity index (χ2v) is 4.40. The average molecular weight is 256 g/mol. The molecule has 88 valence electrons. The van der Waals surface area contributed by atoms with E-state index in [9.17, 15) is 0 Å². The fourth-order valence-electron chi connectivity index (χ4n) is 1.82. The van der Waals surface area contributed by atoms with Crippen LogP contribution in [-0.2, 0) is 0 Å². The normalized spacial score (nSPS) is 11.4. The van der Waals surface area contributed by atoms with Crippen LogP contribution in [0.3, 0.4) is 0 Å². The Bertz CT molecular complexity index is 701. The van der Waals surface area contributed by atoms with E-state index in [1.165, 1.54) is 0 Å². The van der Waals surface area contributed by atoms with Gasteiger partial charge in [-0.1, -0.05) is 41.9 Å². The van der Waals surface area contributed by atoms with Crippen molar-refractivity contribution in [3.8, 4) is 0 Å². The highest BCUT2D eigenvalue weighted by Gasteiger charge is 2.03. The van der Waals surface area contributed by atoms with Gasteiger partial charge in [-0.05, 0) is 17.7 Å². The van der Waals surface area contributed by atoms with Gasteiger partial charge < -0.3 is 4.42 Å². The Hall–Kier alpha value is -2.06. The molecule has 1 aromatic heterocycles. The van der Waals surface area contributed by atoms with Gasteiger partial charge in [0.15, 0.2) is 0 Å². The van der Waals surface area contributed by atoms with E-state index >= 15 is 0 Å². The summed E-state index contributed by atoms with van der Waals surface area (Å²) in [6, 6.07) is 13.6. The van der Waals surface area contributed by atoms with Crippen molar-refractivity contribution in [3.63, 3.8) is 0 Å². The molecule has 2 aromatic carbocycles. The van der Waals surface area contributed by atoms with Crippen LogP contribution in [0.25, 0.3) is 10.8 Å². The second kappa shape index (κ2) is 4.67. The fourth-order valence-corrected chi connectivity index (χ4v) is 2.04. The molecule has 0 spiro atoms. The number of nitrogens with zero attached hydrogens (tertiary/aromatic N) is 1. The molecule has 18 heavy (non-hydrogen) atoms. The number of aliphatic imine (C=N–C) groups is 1. The van der Waals surface area contributed by atoms with Gasteiger partial charge in [0, 0.05) is 22.0 Å². The van der Waals surface area contributed by atoms with Crippen LogP contribution in [0.15, 0.2) is 64.4 Å². The summed E-state index contributed by atoms with van der Waals surface area (Å²) in [5, 5.41) is 2.58. The van der Waals surface area contributed by atoms with E-state index in [4.69, 9.17) is 16.0 Å².